The quantitative estimate of drug-likeness (QED) is 0.255. The zero-order chi connectivity index (χ0) is 30.6. The van der Waals surface area contributed by atoms with Gasteiger partial charge in [-0.15, -0.1) is 0 Å². The first-order valence-corrected chi connectivity index (χ1v) is 14.2. The van der Waals surface area contributed by atoms with Crippen molar-refractivity contribution in [3.8, 4) is 0 Å². The van der Waals surface area contributed by atoms with Gasteiger partial charge in [-0.05, 0) is 26.0 Å². The number of anilines is 1. The molecule has 2 aromatic carbocycles. The number of nitrogens with one attached hydrogen (secondary N) is 2. The molecule has 230 valence electrons. The summed E-state index contributed by atoms with van der Waals surface area (Å²) in [5.41, 5.74) is 1.79. The predicted molar refractivity (Wildman–Crippen MR) is 153 cm³/mol. The van der Waals surface area contributed by atoms with Gasteiger partial charge in [-0.1, -0.05) is 36.4 Å². The van der Waals surface area contributed by atoms with Crippen molar-refractivity contribution in [2.24, 2.45) is 0 Å². The number of carbonyl (C=O) groups excluding carboxylic acids is 2. The second-order valence-corrected chi connectivity index (χ2v) is 10.0. The van der Waals surface area contributed by atoms with Crippen LogP contribution >= 0.6 is 0 Å². The summed E-state index contributed by atoms with van der Waals surface area (Å²) < 4.78 is 46.6. The second kappa shape index (κ2) is 13.0. The molecule has 2 aliphatic heterocycles. The van der Waals surface area contributed by atoms with Crippen LogP contribution in [-0.4, -0.2) is 69.6 Å². The topological polar surface area (TPSA) is 148 Å². The van der Waals surface area contributed by atoms with Crippen LogP contribution in [0.2, 0.25) is 0 Å². The molecule has 5 atom stereocenters. The van der Waals surface area contributed by atoms with E-state index >= 15 is 0 Å². The van der Waals surface area contributed by atoms with E-state index in [1.807, 2.05) is 30.3 Å². The fraction of sp³-hybridized carbons (Fsp3) is 0.367. The average molecular weight is 607 g/mol. The van der Waals surface area contributed by atoms with E-state index in [2.05, 4.69) is 25.6 Å². The van der Waals surface area contributed by atoms with Gasteiger partial charge in [0, 0.05) is 17.7 Å². The molecule has 0 radical (unpaired) electrons. The van der Waals surface area contributed by atoms with Crippen LogP contribution in [0.1, 0.15) is 47.9 Å². The molecular formula is C30H31FN6O7. The van der Waals surface area contributed by atoms with E-state index in [0.717, 1.165) is 5.56 Å². The summed E-state index contributed by atoms with van der Waals surface area (Å²) in [7, 11) is 0. The highest BCUT2D eigenvalue weighted by atomic mass is 19.1. The SMILES string of the molecule is CCNC(=O)Nc1ncnc2c1ncn2C1OC(COCc2c(F)cccc2C(=O)OCC)C2O[C@H](c3ccccc3)OC21. The number of amides is 2. The Bertz CT molecular complexity index is 1640. The zero-order valence-corrected chi connectivity index (χ0v) is 24.0. The minimum atomic E-state index is -0.733. The molecule has 2 aliphatic rings. The van der Waals surface area contributed by atoms with E-state index in [0.29, 0.717) is 17.7 Å². The molecule has 0 aliphatic carbocycles. The Labute approximate surface area is 251 Å². The van der Waals surface area contributed by atoms with E-state index in [1.54, 1.807) is 18.4 Å². The molecule has 2 aromatic heterocycles. The third-order valence-corrected chi connectivity index (χ3v) is 7.26. The molecule has 0 saturated carbocycles. The molecular weight excluding hydrogens is 575 g/mol. The molecule has 2 saturated heterocycles. The Morgan fingerprint density at radius 2 is 1.82 bits per heavy atom. The van der Waals surface area contributed by atoms with Crippen molar-refractivity contribution in [1.82, 2.24) is 24.8 Å². The van der Waals surface area contributed by atoms with Crippen molar-refractivity contribution >= 4 is 29.0 Å². The van der Waals surface area contributed by atoms with Gasteiger partial charge in [0.05, 0.1) is 31.7 Å². The molecule has 2 fully saturated rings. The summed E-state index contributed by atoms with van der Waals surface area (Å²) in [5, 5.41) is 5.34. The van der Waals surface area contributed by atoms with Crippen LogP contribution < -0.4 is 10.6 Å². The van der Waals surface area contributed by atoms with Gasteiger partial charge in [0.2, 0.25) is 0 Å². The predicted octanol–water partition coefficient (Wildman–Crippen LogP) is 3.88. The summed E-state index contributed by atoms with van der Waals surface area (Å²) in [4.78, 5) is 37.6. The van der Waals surface area contributed by atoms with Gasteiger partial charge in [-0.25, -0.2) is 28.9 Å². The number of hydrogen-bond donors (Lipinski definition) is 2. The molecule has 4 aromatic rings. The molecule has 13 nitrogen and oxygen atoms in total. The van der Waals surface area contributed by atoms with Gasteiger partial charge in [-0.2, -0.15) is 0 Å². The smallest absolute Gasteiger partial charge is 0.338 e. The third-order valence-electron chi connectivity index (χ3n) is 7.26. The monoisotopic (exact) mass is 606 g/mol. The number of ether oxygens (including phenoxy) is 5. The number of nitrogens with zero attached hydrogens (tertiary/aromatic N) is 4. The van der Waals surface area contributed by atoms with Gasteiger partial charge in [0.25, 0.3) is 0 Å². The number of fused-ring (bicyclic) bond motifs is 2. The summed E-state index contributed by atoms with van der Waals surface area (Å²) in [6.45, 7) is 3.90. The first kappa shape index (κ1) is 29.6. The van der Waals surface area contributed by atoms with E-state index in [4.69, 9.17) is 23.7 Å². The number of urea groups is 1. The number of esters is 1. The molecule has 14 heteroatoms. The lowest BCUT2D eigenvalue weighted by Gasteiger charge is -2.21. The number of imidazole rings is 1. The Kier molecular flexibility index (Phi) is 8.74. The summed E-state index contributed by atoms with van der Waals surface area (Å²) in [5.74, 6) is -0.969. The van der Waals surface area contributed by atoms with Crippen molar-refractivity contribution < 1.29 is 37.7 Å². The highest BCUT2D eigenvalue weighted by Gasteiger charge is 2.54. The number of halogens is 1. The van der Waals surface area contributed by atoms with E-state index in [9.17, 15) is 14.0 Å². The van der Waals surface area contributed by atoms with Crippen molar-refractivity contribution in [1.29, 1.82) is 0 Å². The first-order valence-electron chi connectivity index (χ1n) is 14.2. The summed E-state index contributed by atoms with van der Waals surface area (Å²) in [6.07, 6.45) is -0.332. The van der Waals surface area contributed by atoms with E-state index in [1.165, 1.54) is 30.9 Å². The molecule has 6 rings (SSSR count). The van der Waals surface area contributed by atoms with Crippen molar-refractivity contribution in [3.63, 3.8) is 0 Å². The van der Waals surface area contributed by atoms with Crippen LogP contribution in [0.15, 0.2) is 61.2 Å². The van der Waals surface area contributed by atoms with Gasteiger partial charge >= 0.3 is 12.0 Å². The van der Waals surface area contributed by atoms with Gasteiger partial charge < -0.3 is 29.0 Å². The maximum absolute atomic E-state index is 14.7. The normalized spacial score (nSPS) is 22.6. The van der Waals surface area contributed by atoms with Crippen LogP contribution in [0.5, 0.6) is 0 Å². The lowest BCUT2D eigenvalue weighted by atomic mass is 10.1. The minimum Gasteiger partial charge on any atom is -0.462 e. The van der Waals surface area contributed by atoms with Crippen molar-refractivity contribution in [2.45, 2.75) is 51.3 Å². The molecule has 0 spiro atoms. The van der Waals surface area contributed by atoms with E-state index in [-0.39, 0.29) is 36.8 Å². The van der Waals surface area contributed by atoms with Crippen LogP contribution in [0, 0.1) is 5.82 Å². The maximum atomic E-state index is 14.7. The van der Waals surface area contributed by atoms with Gasteiger partial charge in [-0.3, -0.25) is 9.88 Å². The van der Waals surface area contributed by atoms with Gasteiger partial charge in [0.1, 0.15) is 30.5 Å². The number of carbonyl (C=O) groups is 2. The molecule has 2 N–H and O–H groups in total. The fourth-order valence-corrected chi connectivity index (χ4v) is 5.28. The Morgan fingerprint density at radius 3 is 2.61 bits per heavy atom. The number of aromatic nitrogens is 4. The van der Waals surface area contributed by atoms with Crippen LogP contribution in [0.25, 0.3) is 11.2 Å². The van der Waals surface area contributed by atoms with Crippen LogP contribution in [-0.2, 0) is 30.3 Å². The minimum absolute atomic E-state index is 0.00471. The highest BCUT2D eigenvalue weighted by molar-refractivity contribution is 5.95. The number of benzene rings is 2. The van der Waals surface area contributed by atoms with Crippen LogP contribution in [0.4, 0.5) is 15.0 Å². The van der Waals surface area contributed by atoms with Crippen molar-refractivity contribution in [3.05, 3.63) is 83.7 Å². The largest absolute Gasteiger partial charge is 0.462 e. The second-order valence-electron chi connectivity index (χ2n) is 10.0. The Hall–Kier alpha value is -4.50. The Balaban J connectivity index is 1.25. The highest BCUT2D eigenvalue weighted by Crippen LogP contribution is 2.45. The summed E-state index contributed by atoms with van der Waals surface area (Å²) >= 11 is 0. The lowest BCUT2D eigenvalue weighted by Crippen LogP contribution is -2.31. The lowest BCUT2D eigenvalue weighted by molar-refractivity contribution is -0.158. The third kappa shape index (κ3) is 5.84. The maximum Gasteiger partial charge on any atom is 0.338 e. The first-order chi connectivity index (χ1) is 21.5. The zero-order valence-electron chi connectivity index (χ0n) is 24.0. The average Bonchev–Trinajstić information content (AvgIpc) is 3.74. The molecule has 4 heterocycles. The van der Waals surface area contributed by atoms with Gasteiger partial charge in [0.15, 0.2) is 29.5 Å². The van der Waals surface area contributed by atoms with E-state index < -0.39 is 48.6 Å². The van der Waals surface area contributed by atoms with Crippen molar-refractivity contribution in [2.75, 3.05) is 25.1 Å². The molecule has 44 heavy (non-hydrogen) atoms. The molecule has 2 amide bonds. The number of hydrogen-bond acceptors (Lipinski definition) is 10. The Morgan fingerprint density at radius 1 is 1.00 bits per heavy atom. The standard InChI is InChI=1S/C30H31FN6O7/c1-3-32-30(39)36-25-22-26(34-15-33-25)37(16-35-22)27-24-23(43-29(44-24)17-9-6-5-7-10-17)21(42-27)14-40-13-19-18(28(38)41-4-2)11-8-12-20(19)31/h5-12,15-16,21,23-24,27,29H,3-4,13-14H2,1-2H3,(H2,32,33,34,36,39)/t21?,23?,24?,27?,29-/m0/s1. The van der Waals surface area contributed by atoms with Crippen LogP contribution in [0.3, 0.4) is 0 Å². The summed E-state index contributed by atoms with van der Waals surface area (Å²) in [6, 6.07) is 13.3. The number of rotatable bonds is 10. The molecule has 4 unspecified atom stereocenters. The fourth-order valence-electron chi connectivity index (χ4n) is 5.28. The molecule has 0 bridgehead atoms.